The molecule has 2 heterocycles. The van der Waals surface area contributed by atoms with Crippen LogP contribution < -0.4 is 10.1 Å². The predicted molar refractivity (Wildman–Crippen MR) is 135 cm³/mol. The lowest BCUT2D eigenvalue weighted by atomic mass is 9.99. The topological polar surface area (TPSA) is 97.7 Å². The van der Waals surface area contributed by atoms with Crippen molar-refractivity contribution in [2.24, 2.45) is 5.92 Å². The maximum absolute atomic E-state index is 13.3. The van der Waals surface area contributed by atoms with Gasteiger partial charge in [-0.25, -0.2) is 8.42 Å². The van der Waals surface area contributed by atoms with Crippen LogP contribution in [0.2, 0.25) is 0 Å². The van der Waals surface area contributed by atoms with Gasteiger partial charge in [-0.3, -0.25) is 9.59 Å². The zero-order valence-electron chi connectivity index (χ0n) is 20.1. The fourth-order valence-corrected chi connectivity index (χ4v) is 5.75. The summed E-state index contributed by atoms with van der Waals surface area (Å²) in [5, 5.41) is 3.14. The van der Waals surface area contributed by atoms with Crippen molar-refractivity contribution < 1.29 is 22.7 Å². The van der Waals surface area contributed by atoms with Gasteiger partial charge in [0.15, 0.2) is 9.84 Å². The largest absolute Gasteiger partial charge is 0.492 e. The van der Waals surface area contributed by atoms with Gasteiger partial charge in [0.05, 0.1) is 17.2 Å². The Kier molecular flexibility index (Phi) is 7.45. The van der Waals surface area contributed by atoms with Gasteiger partial charge in [-0.1, -0.05) is 37.3 Å². The van der Waals surface area contributed by atoms with Crippen LogP contribution in [-0.4, -0.2) is 55.1 Å². The number of carbonyl (C=O) groups excluding carboxylic acids is 2. The van der Waals surface area contributed by atoms with Crippen LogP contribution in [0.5, 0.6) is 5.75 Å². The number of likely N-dealkylation sites (tertiary alicyclic amines) is 1. The fraction of sp³-hybridized carbons (Fsp3) is 0.385. The van der Waals surface area contributed by atoms with Crippen molar-refractivity contribution in [3.8, 4) is 5.75 Å². The molecule has 2 aromatic carbocycles. The number of amides is 2. The van der Waals surface area contributed by atoms with Crippen LogP contribution >= 0.6 is 0 Å². The number of fused-ring (bicyclic) bond motifs is 1. The van der Waals surface area contributed by atoms with Gasteiger partial charge in [0.1, 0.15) is 18.0 Å². The highest BCUT2D eigenvalue weighted by molar-refractivity contribution is 7.92. The van der Waals surface area contributed by atoms with E-state index in [2.05, 4.69) is 12.2 Å². The molecule has 9 heteroatoms. The number of nitrogens with one attached hydrogen (secondary N) is 1. The highest BCUT2D eigenvalue weighted by Gasteiger charge is 2.26. The third-order valence-electron chi connectivity index (χ3n) is 6.31. The molecule has 0 bridgehead atoms. The fourth-order valence-electron chi connectivity index (χ4n) is 4.38. The van der Waals surface area contributed by atoms with Gasteiger partial charge in [0.2, 0.25) is 11.8 Å². The molecule has 0 unspecified atom stereocenters. The van der Waals surface area contributed by atoms with Crippen molar-refractivity contribution in [2.75, 3.05) is 30.8 Å². The van der Waals surface area contributed by atoms with Crippen LogP contribution in [0.3, 0.4) is 0 Å². The smallest absolute Gasteiger partial charge is 0.242 e. The van der Waals surface area contributed by atoms with Crippen molar-refractivity contribution in [1.29, 1.82) is 0 Å². The number of hydrogen-bond donors (Lipinski definition) is 1. The molecule has 4 rings (SSSR count). The Hall–Kier alpha value is -3.33. The molecule has 1 fully saturated rings. The van der Waals surface area contributed by atoms with Crippen molar-refractivity contribution in [3.05, 3.63) is 54.7 Å². The van der Waals surface area contributed by atoms with Crippen LogP contribution in [0.15, 0.2) is 59.6 Å². The van der Waals surface area contributed by atoms with Gasteiger partial charge < -0.3 is 19.5 Å². The van der Waals surface area contributed by atoms with Crippen molar-refractivity contribution >= 4 is 38.2 Å². The van der Waals surface area contributed by atoms with Gasteiger partial charge in [-0.05, 0) is 43.9 Å². The van der Waals surface area contributed by atoms with E-state index >= 15 is 0 Å². The predicted octanol–water partition coefficient (Wildman–Crippen LogP) is 3.71. The zero-order valence-corrected chi connectivity index (χ0v) is 20.9. The molecule has 0 spiro atoms. The maximum Gasteiger partial charge on any atom is 0.242 e. The number of carbonyl (C=O) groups is 2. The van der Waals surface area contributed by atoms with E-state index < -0.39 is 21.5 Å². The summed E-state index contributed by atoms with van der Waals surface area (Å²) in [6.07, 6.45) is 3.42. The summed E-state index contributed by atoms with van der Waals surface area (Å²) in [7, 11) is -3.98. The molecule has 1 aliphatic heterocycles. The summed E-state index contributed by atoms with van der Waals surface area (Å²) < 4.78 is 33.8. The second-order valence-electron chi connectivity index (χ2n) is 8.94. The third kappa shape index (κ3) is 5.67. The van der Waals surface area contributed by atoms with Crippen molar-refractivity contribution in [3.63, 3.8) is 0 Å². The van der Waals surface area contributed by atoms with E-state index in [9.17, 15) is 18.0 Å². The number of para-hydroxylation sites is 3. The monoisotopic (exact) mass is 497 g/mol. The quantitative estimate of drug-likeness (QED) is 0.512. The Morgan fingerprint density at radius 2 is 1.74 bits per heavy atom. The first-order valence-electron chi connectivity index (χ1n) is 11.9. The molecule has 8 nitrogen and oxygen atoms in total. The molecule has 1 aliphatic rings. The molecular weight excluding hydrogens is 466 g/mol. The number of benzene rings is 2. The van der Waals surface area contributed by atoms with Crippen molar-refractivity contribution in [2.45, 2.75) is 38.1 Å². The summed E-state index contributed by atoms with van der Waals surface area (Å²) in [6.45, 7) is 5.92. The molecule has 0 aliphatic carbocycles. The van der Waals surface area contributed by atoms with E-state index in [-0.39, 0.29) is 17.3 Å². The normalized spacial score (nSPS) is 14.7. The maximum atomic E-state index is 13.3. The summed E-state index contributed by atoms with van der Waals surface area (Å²) in [4.78, 5) is 27.5. The van der Waals surface area contributed by atoms with E-state index in [1.54, 1.807) is 53.1 Å². The number of anilines is 1. The van der Waals surface area contributed by atoms with Gasteiger partial charge in [-0.15, -0.1) is 0 Å². The van der Waals surface area contributed by atoms with Gasteiger partial charge in [-0.2, -0.15) is 0 Å². The number of nitrogens with zero attached hydrogens (tertiary/aromatic N) is 2. The van der Waals surface area contributed by atoms with E-state index in [4.69, 9.17) is 4.74 Å². The van der Waals surface area contributed by atoms with E-state index in [0.717, 1.165) is 12.8 Å². The van der Waals surface area contributed by atoms with Crippen LogP contribution in [0.4, 0.5) is 5.69 Å². The van der Waals surface area contributed by atoms with Gasteiger partial charge >= 0.3 is 0 Å². The van der Waals surface area contributed by atoms with Gasteiger partial charge in [0.25, 0.3) is 0 Å². The molecule has 2 amide bonds. The van der Waals surface area contributed by atoms with Crippen LogP contribution in [0.1, 0.15) is 26.7 Å². The van der Waals surface area contributed by atoms with Crippen molar-refractivity contribution in [1.82, 2.24) is 9.47 Å². The number of ether oxygens (including phenoxy) is 1. The number of piperidine rings is 1. The minimum atomic E-state index is -3.98. The summed E-state index contributed by atoms with van der Waals surface area (Å²) in [5.41, 5.74) is 1.06. The molecule has 1 aromatic heterocycles. The highest BCUT2D eigenvalue weighted by Crippen LogP contribution is 2.28. The molecule has 35 heavy (non-hydrogen) atoms. The molecule has 186 valence electrons. The third-order valence-corrected chi connectivity index (χ3v) is 7.95. The average molecular weight is 498 g/mol. The Bertz CT molecular complexity index is 1320. The molecule has 3 aromatic rings. The number of sulfone groups is 1. The minimum Gasteiger partial charge on any atom is -0.492 e. The van der Waals surface area contributed by atoms with E-state index in [0.29, 0.717) is 48.0 Å². The Labute approximate surface area is 205 Å². The number of aromatic nitrogens is 1. The van der Waals surface area contributed by atoms with Gasteiger partial charge in [0, 0.05) is 30.2 Å². The SMILES string of the molecule is CCOc1ccccc1NC(=O)CS(=O)(=O)c1cn(CC(=O)N2CCC(C)CC2)c2ccccc12. The molecule has 1 N–H and O–H groups in total. The Morgan fingerprint density at radius 1 is 1.06 bits per heavy atom. The van der Waals surface area contributed by atoms with Crippen LogP contribution in [-0.2, 0) is 26.0 Å². The lowest BCUT2D eigenvalue weighted by Gasteiger charge is -2.30. The first-order valence-corrected chi connectivity index (χ1v) is 13.5. The second kappa shape index (κ2) is 10.5. The Balaban J connectivity index is 1.55. The first-order chi connectivity index (χ1) is 16.8. The molecular formula is C26H31N3O5S. The molecule has 0 saturated carbocycles. The zero-order chi connectivity index (χ0) is 25.0. The van der Waals surface area contributed by atoms with Crippen LogP contribution in [0, 0.1) is 5.92 Å². The second-order valence-corrected chi connectivity index (χ2v) is 10.9. The number of hydrogen-bond acceptors (Lipinski definition) is 5. The first kappa shape index (κ1) is 24.8. The lowest BCUT2D eigenvalue weighted by molar-refractivity contribution is -0.133. The molecule has 0 atom stereocenters. The average Bonchev–Trinajstić information content (AvgIpc) is 3.20. The minimum absolute atomic E-state index is 0.0353. The highest BCUT2D eigenvalue weighted by atomic mass is 32.2. The summed E-state index contributed by atoms with van der Waals surface area (Å²) in [5.74, 6) is -0.337. The van der Waals surface area contributed by atoms with Crippen LogP contribution in [0.25, 0.3) is 10.9 Å². The standard InChI is InChI=1S/C26H31N3O5S/c1-3-34-23-11-7-5-9-21(23)27-25(30)18-35(32,33)24-16-29(22-10-6-4-8-20(22)24)17-26(31)28-14-12-19(2)13-15-28/h4-11,16,19H,3,12-15,17-18H2,1-2H3,(H,27,30). The lowest BCUT2D eigenvalue weighted by Crippen LogP contribution is -2.39. The summed E-state index contributed by atoms with van der Waals surface area (Å²) in [6, 6.07) is 13.9. The molecule has 0 radical (unpaired) electrons. The van der Waals surface area contributed by atoms with E-state index in [1.807, 2.05) is 11.8 Å². The number of rotatable bonds is 8. The molecule has 1 saturated heterocycles. The Morgan fingerprint density at radius 3 is 2.49 bits per heavy atom. The van der Waals surface area contributed by atoms with E-state index in [1.165, 1.54) is 6.20 Å². The summed E-state index contributed by atoms with van der Waals surface area (Å²) >= 11 is 0.